The molecule has 2 rings (SSSR count). The van der Waals surface area contributed by atoms with Crippen LogP contribution in [0.3, 0.4) is 0 Å². The molecule has 2 heteroatoms. The molecule has 0 aliphatic rings. The van der Waals surface area contributed by atoms with Crippen molar-refractivity contribution in [1.82, 2.24) is 0 Å². The lowest BCUT2D eigenvalue weighted by Crippen LogP contribution is -2.17. The minimum absolute atomic E-state index is 0.151. The summed E-state index contributed by atoms with van der Waals surface area (Å²) >= 11 is 0. The fourth-order valence-corrected chi connectivity index (χ4v) is 2.41. The van der Waals surface area contributed by atoms with Crippen LogP contribution in [-0.4, -0.2) is 0 Å². The van der Waals surface area contributed by atoms with Crippen molar-refractivity contribution in [3.63, 3.8) is 0 Å². The molecule has 112 valence electrons. The predicted molar refractivity (Wildman–Crippen MR) is 86.9 cm³/mol. The number of nitrogens with two attached hydrogens (primary N) is 1. The second kappa shape index (κ2) is 5.98. The van der Waals surface area contributed by atoms with Crippen molar-refractivity contribution < 1.29 is 4.39 Å². The molecule has 21 heavy (non-hydrogen) atoms. The molecule has 1 nitrogen and oxygen atoms in total. The zero-order valence-electron chi connectivity index (χ0n) is 13.3. The van der Waals surface area contributed by atoms with Crippen LogP contribution in [-0.2, 0) is 5.41 Å². The number of rotatable bonds is 4. The average Bonchev–Trinajstić information content (AvgIpc) is 2.47. The van der Waals surface area contributed by atoms with Gasteiger partial charge in [-0.2, -0.15) is 0 Å². The molecule has 2 aromatic rings. The van der Waals surface area contributed by atoms with E-state index >= 15 is 0 Å². The first-order valence-corrected chi connectivity index (χ1v) is 7.47. The van der Waals surface area contributed by atoms with E-state index in [1.165, 1.54) is 11.6 Å². The molecule has 2 aromatic carbocycles. The maximum Gasteiger partial charge on any atom is 0.128 e. The molecule has 0 saturated heterocycles. The Morgan fingerprint density at radius 2 is 1.71 bits per heavy atom. The first kappa shape index (κ1) is 15.7. The van der Waals surface area contributed by atoms with Crippen LogP contribution < -0.4 is 5.73 Å². The summed E-state index contributed by atoms with van der Waals surface area (Å²) in [7, 11) is 0. The van der Waals surface area contributed by atoms with Crippen LogP contribution in [0.4, 0.5) is 4.39 Å². The predicted octanol–water partition coefficient (Wildman–Crippen LogP) is 4.87. The summed E-state index contributed by atoms with van der Waals surface area (Å²) in [6.07, 6.45) is 1.07. The van der Waals surface area contributed by atoms with E-state index in [2.05, 4.69) is 32.9 Å². The van der Waals surface area contributed by atoms with Crippen LogP contribution in [0.5, 0.6) is 0 Å². The molecule has 1 unspecified atom stereocenters. The molecule has 0 radical (unpaired) electrons. The number of benzene rings is 2. The van der Waals surface area contributed by atoms with E-state index in [0.29, 0.717) is 5.56 Å². The van der Waals surface area contributed by atoms with Gasteiger partial charge in [-0.25, -0.2) is 4.39 Å². The molecule has 0 heterocycles. The van der Waals surface area contributed by atoms with Gasteiger partial charge in [0.25, 0.3) is 0 Å². The zero-order chi connectivity index (χ0) is 15.6. The third-order valence-electron chi connectivity index (χ3n) is 4.43. The Bertz CT molecular complexity index is 614. The van der Waals surface area contributed by atoms with Gasteiger partial charge >= 0.3 is 0 Å². The minimum atomic E-state index is -0.426. The third-order valence-corrected chi connectivity index (χ3v) is 4.43. The molecule has 1 atom stereocenters. The zero-order valence-corrected chi connectivity index (χ0v) is 13.3. The topological polar surface area (TPSA) is 26.0 Å². The highest BCUT2D eigenvalue weighted by Crippen LogP contribution is 2.29. The van der Waals surface area contributed by atoms with Crippen molar-refractivity contribution >= 4 is 0 Å². The first-order chi connectivity index (χ1) is 9.85. The highest BCUT2D eigenvalue weighted by atomic mass is 19.1. The Balaban J connectivity index is 2.30. The van der Waals surface area contributed by atoms with Gasteiger partial charge in [-0.1, -0.05) is 57.2 Å². The van der Waals surface area contributed by atoms with Crippen LogP contribution in [0, 0.1) is 12.7 Å². The Morgan fingerprint density at radius 1 is 1.10 bits per heavy atom. The summed E-state index contributed by atoms with van der Waals surface area (Å²) < 4.78 is 14.0. The highest BCUT2D eigenvalue weighted by molar-refractivity contribution is 5.36. The molecular formula is C19H24FN. The molecule has 0 bridgehead atoms. The summed E-state index contributed by atoms with van der Waals surface area (Å²) in [5.41, 5.74) is 10.0. The van der Waals surface area contributed by atoms with Crippen LogP contribution in [0.2, 0.25) is 0 Å². The standard InChI is InChI=1S/C19H24FN/c1-5-19(3,4)15-9-7-14(8-10-15)18(21)16-11-6-13(2)12-17(16)20/h6-12,18H,5,21H2,1-4H3. The molecule has 0 fully saturated rings. The molecular weight excluding hydrogens is 261 g/mol. The Morgan fingerprint density at radius 3 is 2.24 bits per heavy atom. The van der Waals surface area contributed by atoms with Crippen molar-refractivity contribution in [2.75, 3.05) is 0 Å². The fourth-order valence-electron chi connectivity index (χ4n) is 2.41. The molecule has 0 aromatic heterocycles. The van der Waals surface area contributed by atoms with E-state index in [0.717, 1.165) is 17.5 Å². The summed E-state index contributed by atoms with van der Waals surface area (Å²) in [6, 6.07) is 13.0. The Labute approximate surface area is 127 Å². The van der Waals surface area contributed by atoms with Gasteiger partial charge in [0.1, 0.15) is 5.82 Å². The van der Waals surface area contributed by atoms with E-state index in [1.807, 2.05) is 25.1 Å². The summed E-state index contributed by atoms with van der Waals surface area (Å²) in [5, 5.41) is 0. The second-order valence-corrected chi connectivity index (χ2v) is 6.36. The van der Waals surface area contributed by atoms with Crippen LogP contribution in [0.25, 0.3) is 0 Å². The monoisotopic (exact) mass is 285 g/mol. The van der Waals surface area contributed by atoms with E-state index in [4.69, 9.17) is 5.73 Å². The van der Waals surface area contributed by atoms with E-state index in [-0.39, 0.29) is 11.2 Å². The average molecular weight is 285 g/mol. The summed E-state index contributed by atoms with van der Waals surface area (Å²) in [4.78, 5) is 0. The van der Waals surface area contributed by atoms with Gasteiger partial charge in [0.2, 0.25) is 0 Å². The first-order valence-electron chi connectivity index (χ1n) is 7.47. The van der Waals surface area contributed by atoms with E-state index in [9.17, 15) is 4.39 Å². The van der Waals surface area contributed by atoms with E-state index in [1.54, 1.807) is 6.07 Å². The van der Waals surface area contributed by atoms with Crippen molar-refractivity contribution in [3.05, 3.63) is 70.5 Å². The normalized spacial score (nSPS) is 13.2. The molecule has 0 aliphatic heterocycles. The third kappa shape index (κ3) is 3.33. The van der Waals surface area contributed by atoms with Crippen molar-refractivity contribution in [2.45, 2.75) is 45.6 Å². The summed E-state index contributed by atoms with van der Waals surface area (Å²) in [5.74, 6) is -0.236. The number of hydrogen-bond donors (Lipinski definition) is 1. The van der Waals surface area contributed by atoms with Crippen molar-refractivity contribution in [1.29, 1.82) is 0 Å². The van der Waals surface area contributed by atoms with Crippen LogP contribution in [0.1, 0.15) is 55.5 Å². The van der Waals surface area contributed by atoms with E-state index < -0.39 is 6.04 Å². The molecule has 0 amide bonds. The number of aryl methyl sites for hydroxylation is 1. The molecule has 0 aliphatic carbocycles. The van der Waals surface area contributed by atoms with Crippen molar-refractivity contribution in [3.8, 4) is 0 Å². The SMILES string of the molecule is CCC(C)(C)c1ccc(C(N)c2ccc(C)cc2F)cc1. The smallest absolute Gasteiger partial charge is 0.128 e. The summed E-state index contributed by atoms with van der Waals surface area (Å²) in [6.45, 7) is 8.50. The maximum atomic E-state index is 14.0. The minimum Gasteiger partial charge on any atom is -0.320 e. The lowest BCUT2D eigenvalue weighted by Gasteiger charge is -2.24. The lowest BCUT2D eigenvalue weighted by atomic mass is 9.81. The largest absolute Gasteiger partial charge is 0.320 e. The highest BCUT2D eigenvalue weighted by Gasteiger charge is 2.19. The van der Waals surface area contributed by atoms with Gasteiger partial charge in [-0.3, -0.25) is 0 Å². The molecule has 0 saturated carbocycles. The van der Waals surface area contributed by atoms with Gasteiger partial charge < -0.3 is 5.73 Å². The lowest BCUT2D eigenvalue weighted by molar-refractivity contribution is 0.506. The van der Waals surface area contributed by atoms with Gasteiger partial charge in [-0.15, -0.1) is 0 Å². The number of hydrogen-bond acceptors (Lipinski definition) is 1. The Hall–Kier alpha value is -1.67. The second-order valence-electron chi connectivity index (χ2n) is 6.36. The fraction of sp³-hybridized carbons (Fsp3) is 0.368. The van der Waals surface area contributed by atoms with Crippen molar-refractivity contribution in [2.24, 2.45) is 5.73 Å². The van der Waals surface area contributed by atoms with Crippen LogP contribution in [0.15, 0.2) is 42.5 Å². The van der Waals surface area contributed by atoms with Gasteiger partial charge in [0.15, 0.2) is 0 Å². The molecule has 0 spiro atoms. The van der Waals surface area contributed by atoms with Gasteiger partial charge in [-0.05, 0) is 41.5 Å². The quantitative estimate of drug-likeness (QED) is 0.852. The Kier molecular flexibility index (Phi) is 4.48. The van der Waals surface area contributed by atoms with Crippen LogP contribution >= 0.6 is 0 Å². The van der Waals surface area contributed by atoms with Gasteiger partial charge in [0.05, 0.1) is 6.04 Å². The maximum absolute atomic E-state index is 14.0. The van der Waals surface area contributed by atoms with Gasteiger partial charge in [0, 0.05) is 5.56 Å². The molecule has 2 N–H and O–H groups in total. The number of halogens is 1.